The van der Waals surface area contributed by atoms with Crippen molar-refractivity contribution >= 4 is 28.4 Å². The van der Waals surface area contributed by atoms with Crippen molar-refractivity contribution in [3.05, 3.63) is 90.5 Å². The van der Waals surface area contributed by atoms with Crippen molar-refractivity contribution in [3.8, 4) is 0 Å². The Morgan fingerprint density at radius 2 is 1.36 bits per heavy atom. The topological polar surface area (TPSA) is 92.4 Å². The van der Waals surface area contributed by atoms with Gasteiger partial charge in [-0.05, 0) is 36.4 Å². The number of carbonyl (C=O) groups excluding carboxylic acids is 1. The van der Waals surface area contributed by atoms with Gasteiger partial charge in [-0.15, -0.1) is 0 Å². The highest BCUT2D eigenvalue weighted by molar-refractivity contribution is 7.79. The van der Waals surface area contributed by atoms with E-state index in [1.54, 1.807) is 36.4 Å². The number of hydrogen-bond donors (Lipinski definition) is 3. The summed E-state index contributed by atoms with van der Waals surface area (Å²) in [5.74, 6) is -0.404. The van der Waals surface area contributed by atoms with Gasteiger partial charge in [0.05, 0.1) is 10.5 Å². The van der Waals surface area contributed by atoms with E-state index in [1.807, 2.05) is 36.4 Å². The molecule has 0 aliphatic rings. The minimum atomic E-state index is -2.18. The van der Waals surface area contributed by atoms with Crippen molar-refractivity contribution < 1.29 is 13.6 Å². The molecule has 6 heteroatoms. The van der Waals surface area contributed by atoms with Crippen LogP contribution in [-0.4, -0.2) is 14.7 Å². The Morgan fingerprint density at radius 3 is 1.88 bits per heavy atom. The predicted molar refractivity (Wildman–Crippen MR) is 101 cm³/mol. The maximum absolute atomic E-state index is 12.0. The number of benzene rings is 3. The van der Waals surface area contributed by atoms with Crippen LogP contribution in [0.1, 0.15) is 10.4 Å². The quantitative estimate of drug-likeness (QED) is 0.493. The number of nitrogens with two attached hydrogens (primary N) is 1. The lowest BCUT2D eigenvalue weighted by atomic mass is 10.2. The number of nitrogen functional groups attached to an aromatic ring is 1. The third-order valence-electron chi connectivity index (χ3n) is 3.15. The Balaban J connectivity index is 0.000000269. The third-order valence-corrected chi connectivity index (χ3v) is 3.88. The number of carbonyl (C=O) groups is 1. The first-order valence-corrected chi connectivity index (χ1v) is 8.55. The van der Waals surface area contributed by atoms with Crippen LogP contribution in [0.4, 0.5) is 11.4 Å². The van der Waals surface area contributed by atoms with Crippen LogP contribution in [0, 0.1) is 0 Å². The second-order valence-corrected chi connectivity index (χ2v) is 5.91. The summed E-state index contributed by atoms with van der Waals surface area (Å²) in [4.78, 5) is 12.1. The zero-order valence-electron chi connectivity index (χ0n) is 13.3. The SMILES string of the molecule is Nc1ccccc1.O=C(Nc1ccccc1)c1ccccc1S(=O)O. The van der Waals surface area contributed by atoms with Gasteiger partial charge in [0, 0.05) is 11.4 Å². The standard InChI is InChI=1S/C13H11NO3S.C6H7N/c15-13(14-10-6-2-1-3-7-10)11-8-4-5-9-12(11)18(16)17;7-6-4-2-1-3-5-6/h1-9H,(H,14,15)(H,16,17);1-5H,7H2. The molecule has 5 nitrogen and oxygen atoms in total. The fourth-order valence-corrected chi connectivity index (χ4v) is 2.52. The summed E-state index contributed by atoms with van der Waals surface area (Å²) in [5, 5.41) is 2.67. The molecular weight excluding hydrogens is 336 g/mol. The molecule has 0 aliphatic carbocycles. The fraction of sp³-hybridized carbons (Fsp3) is 0. The van der Waals surface area contributed by atoms with Crippen LogP contribution in [0.5, 0.6) is 0 Å². The lowest BCUT2D eigenvalue weighted by Gasteiger charge is -2.07. The highest BCUT2D eigenvalue weighted by Crippen LogP contribution is 2.15. The first-order valence-electron chi connectivity index (χ1n) is 7.44. The Labute approximate surface area is 148 Å². The van der Waals surface area contributed by atoms with Gasteiger partial charge >= 0.3 is 0 Å². The molecule has 3 aromatic rings. The molecule has 1 amide bonds. The van der Waals surface area contributed by atoms with E-state index in [9.17, 15) is 9.00 Å². The van der Waals surface area contributed by atoms with E-state index in [1.165, 1.54) is 12.1 Å². The molecule has 25 heavy (non-hydrogen) atoms. The minimum absolute atomic E-state index is 0.103. The average Bonchev–Trinajstić information content (AvgIpc) is 2.63. The monoisotopic (exact) mass is 354 g/mol. The van der Waals surface area contributed by atoms with Gasteiger partial charge in [-0.3, -0.25) is 4.79 Å². The number of anilines is 2. The first-order chi connectivity index (χ1) is 12.1. The van der Waals surface area contributed by atoms with E-state index in [-0.39, 0.29) is 10.5 Å². The van der Waals surface area contributed by atoms with Gasteiger partial charge in [0.2, 0.25) is 0 Å². The Morgan fingerprint density at radius 1 is 0.840 bits per heavy atom. The number of para-hydroxylation sites is 2. The molecule has 0 radical (unpaired) electrons. The zero-order valence-corrected chi connectivity index (χ0v) is 14.1. The molecule has 0 aliphatic heterocycles. The van der Waals surface area contributed by atoms with Gasteiger partial charge in [-0.1, -0.05) is 48.5 Å². The van der Waals surface area contributed by atoms with Gasteiger partial charge in [0.1, 0.15) is 0 Å². The van der Waals surface area contributed by atoms with Crippen molar-refractivity contribution in [2.24, 2.45) is 0 Å². The van der Waals surface area contributed by atoms with Gasteiger partial charge in [-0.2, -0.15) is 0 Å². The Hall–Kier alpha value is -2.96. The second kappa shape index (κ2) is 9.36. The van der Waals surface area contributed by atoms with E-state index in [4.69, 9.17) is 10.3 Å². The highest BCUT2D eigenvalue weighted by atomic mass is 32.2. The minimum Gasteiger partial charge on any atom is -0.399 e. The summed E-state index contributed by atoms with van der Waals surface area (Å²) >= 11 is -2.18. The molecule has 1 atom stereocenters. The number of amides is 1. The van der Waals surface area contributed by atoms with E-state index in [2.05, 4.69) is 5.32 Å². The molecule has 1 unspecified atom stereocenters. The normalized spacial score (nSPS) is 10.9. The molecule has 0 aromatic heterocycles. The summed E-state index contributed by atoms with van der Waals surface area (Å²) in [7, 11) is 0. The molecule has 0 bridgehead atoms. The fourth-order valence-electron chi connectivity index (χ4n) is 1.98. The van der Waals surface area contributed by atoms with Gasteiger partial charge in [-0.25, -0.2) is 4.21 Å². The Kier molecular flexibility index (Phi) is 6.88. The van der Waals surface area contributed by atoms with Crippen LogP contribution < -0.4 is 11.1 Å². The summed E-state index contributed by atoms with van der Waals surface area (Å²) in [6.45, 7) is 0. The number of hydrogen-bond acceptors (Lipinski definition) is 3. The molecule has 0 spiro atoms. The van der Waals surface area contributed by atoms with Gasteiger partial charge in [0.25, 0.3) is 5.91 Å². The summed E-state index contributed by atoms with van der Waals surface area (Å²) in [6, 6.07) is 24.6. The van der Waals surface area contributed by atoms with Crippen molar-refractivity contribution in [3.63, 3.8) is 0 Å². The number of nitrogens with one attached hydrogen (secondary N) is 1. The van der Waals surface area contributed by atoms with Crippen LogP contribution in [-0.2, 0) is 11.1 Å². The maximum atomic E-state index is 12.0. The summed E-state index contributed by atoms with van der Waals surface area (Å²) in [6.07, 6.45) is 0. The number of rotatable bonds is 3. The zero-order chi connectivity index (χ0) is 18.1. The largest absolute Gasteiger partial charge is 0.399 e. The highest BCUT2D eigenvalue weighted by Gasteiger charge is 2.14. The van der Waals surface area contributed by atoms with E-state index in [0.717, 1.165) is 5.69 Å². The van der Waals surface area contributed by atoms with Crippen LogP contribution >= 0.6 is 0 Å². The molecule has 4 N–H and O–H groups in total. The molecule has 3 aromatic carbocycles. The van der Waals surface area contributed by atoms with Gasteiger partial charge < -0.3 is 15.6 Å². The molecule has 128 valence electrons. The molecule has 3 rings (SSSR count). The molecule has 0 saturated carbocycles. The van der Waals surface area contributed by atoms with E-state index >= 15 is 0 Å². The lowest BCUT2D eigenvalue weighted by molar-refractivity contribution is 0.102. The predicted octanol–water partition coefficient (Wildman–Crippen LogP) is 3.79. The van der Waals surface area contributed by atoms with Crippen LogP contribution in [0.15, 0.2) is 89.8 Å². The van der Waals surface area contributed by atoms with E-state index in [0.29, 0.717) is 5.69 Å². The molecule has 0 saturated heterocycles. The van der Waals surface area contributed by atoms with Gasteiger partial charge in [0.15, 0.2) is 11.1 Å². The van der Waals surface area contributed by atoms with Crippen molar-refractivity contribution in [1.82, 2.24) is 0 Å². The molecular formula is C19H18N2O3S. The lowest BCUT2D eigenvalue weighted by Crippen LogP contribution is -2.14. The summed E-state index contributed by atoms with van der Waals surface area (Å²) < 4.78 is 20.2. The smallest absolute Gasteiger partial charge is 0.256 e. The van der Waals surface area contributed by atoms with Crippen LogP contribution in [0.3, 0.4) is 0 Å². The average molecular weight is 354 g/mol. The first kappa shape index (κ1) is 18.4. The van der Waals surface area contributed by atoms with Crippen LogP contribution in [0.25, 0.3) is 0 Å². The van der Waals surface area contributed by atoms with Crippen molar-refractivity contribution in [2.75, 3.05) is 11.1 Å². The third kappa shape index (κ3) is 5.87. The summed E-state index contributed by atoms with van der Waals surface area (Å²) in [5.41, 5.74) is 7.02. The van der Waals surface area contributed by atoms with Crippen molar-refractivity contribution in [1.29, 1.82) is 0 Å². The van der Waals surface area contributed by atoms with Crippen LogP contribution in [0.2, 0.25) is 0 Å². The Bertz CT molecular complexity index is 840. The molecule has 0 fully saturated rings. The van der Waals surface area contributed by atoms with E-state index < -0.39 is 17.0 Å². The van der Waals surface area contributed by atoms with Crippen molar-refractivity contribution in [2.45, 2.75) is 4.90 Å². The second-order valence-electron chi connectivity index (χ2n) is 4.98. The molecule has 0 heterocycles. The maximum Gasteiger partial charge on any atom is 0.256 e.